The molecule has 0 spiro atoms. The molecule has 0 unspecified atom stereocenters. The minimum Gasteiger partial charge on any atom is -0.493 e. The smallest absolute Gasteiger partial charge is 0.387 e. The number of alkyl halides is 2. The van der Waals surface area contributed by atoms with Crippen LogP contribution in [-0.2, 0) is 20.9 Å². The zero-order chi connectivity index (χ0) is 22.1. The fraction of sp³-hybridized carbons (Fsp3) is 0.273. The van der Waals surface area contributed by atoms with Crippen LogP contribution in [0.3, 0.4) is 0 Å². The third-order valence-corrected chi connectivity index (χ3v) is 4.10. The predicted octanol–water partition coefficient (Wildman–Crippen LogP) is 3.90. The van der Waals surface area contributed by atoms with Gasteiger partial charge in [0.25, 0.3) is 5.91 Å². The highest BCUT2D eigenvalue weighted by Crippen LogP contribution is 2.29. The van der Waals surface area contributed by atoms with Gasteiger partial charge < -0.3 is 19.1 Å². The lowest BCUT2D eigenvalue weighted by molar-refractivity contribution is -0.154. The maximum absolute atomic E-state index is 12.4. The summed E-state index contributed by atoms with van der Waals surface area (Å²) in [6, 6.07) is 13.7. The minimum atomic E-state index is -2.98. The lowest BCUT2D eigenvalue weighted by atomic mass is 10.2. The summed E-state index contributed by atoms with van der Waals surface area (Å²) in [6.45, 7) is -1.09. The van der Waals surface area contributed by atoms with Crippen molar-refractivity contribution in [3.8, 4) is 11.5 Å². The van der Waals surface area contributed by atoms with Crippen molar-refractivity contribution in [1.29, 1.82) is 0 Å². The largest absolute Gasteiger partial charge is 0.493 e. The van der Waals surface area contributed by atoms with Crippen molar-refractivity contribution in [3.63, 3.8) is 0 Å². The third-order valence-electron chi connectivity index (χ3n) is 4.10. The first kappa shape index (κ1) is 22.9. The van der Waals surface area contributed by atoms with Crippen LogP contribution in [0.25, 0.3) is 6.08 Å². The molecule has 1 amide bonds. The van der Waals surface area contributed by atoms with Gasteiger partial charge in [0.15, 0.2) is 17.6 Å². The van der Waals surface area contributed by atoms with Crippen LogP contribution in [0.5, 0.6) is 11.5 Å². The Kier molecular flexibility index (Phi) is 8.34. The summed E-state index contributed by atoms with van der Waals surface area (Å²) in [7, 11) is 2.94. The van der Waals surface area contributed by atoms with Crippen molar-refractivity contribution in [2.24, 2.45) is 0 Å². The van der Waals surface area contributed by atoms with Gasteiger partial charge in [0.2, 0.25) is 0 Å². The second-order valence-corrected chi connectivity index (χ2v) is 6.38. The second-order valence-electron chi connectivity index (χ2n) is 6.38. The molecule has 0 heterocycles. The van der Waals surface area contributed by atoms with E-state index in [0.717, 1.165) is 11.6 Å². The maximum Gasteiger partial charge on any atom is 0.387 e. The molecule has 0 aliphatic rings. The first-order chi connectivity index (χ1) is 14.3. The summed E-state index contributed by atoms with van der Waals surface area (Å²) in [4.78, 5) is 25.9. The fourth-order valence-corrected chi connectivity index (χ4v) is 2.65. The molecule has 2 rings (SSSR count). The molecule has 1 atom stereocenters. The van der Waals surface area contributed by atoms with Gasteiger partial charge >= 0.3 is 12.6 Å². The molecule has 0 aliphatic heterocycles. The molecule has 0 saturated carbocycles. The van der Waals surface area contributed by atoms with Crippen molar-refractivity contribution in [2.45, 2.75) is 26.2 Å². The number of carbonyl (C=O) groups is 2. The summed E-state index contributed by atoms with van der Waals surface area (Å²) in [5.74, 6) is -1.07. The van der Waals surface area contributed by atoms with Gasteiger partial charge in [-0.1, -0.05) is 36.4 Å². The Morgan fingerprint density at radius 3 is 2.43 bits per heavy atom. The van der Waals surface area contributed by atoms with Gasteiger partial charge in [-0.15, -0.1) is 0 Å². The van der Waals surface area contributed by atoms with Crippen molar-refractivity contribution in [3.05, 3.63) is 65.7 Å². The number of methoxy groups -OCH3 is 1. The van der Waals surface area contributed by atoms with Gasteiger partial charge in [-0.05, 0) is 36.3 Å². The topological polar surface area (TPSA) is 65.1 Å². The number of rotatable bonds is 9. The van der Waals surface area contributed by atoms with Gasteiger partial charge in [-0.3, -0.25) is 4.79 Å². The standard InChI is InChI=1S/C22H23F2NO5/c1-15(21(27)25(2)14-17-7-5-4-6-8-17)29-20(26)12-10-16-9-11-18(30-22(23)24)19(13-16)28-3/h4-13,15,22H,14H2,1-3H3/b12-10-/t15-/m0/s1. The number of benzene rings is 2. The summed E-state index contributed by atoms with van der Waals surface area (Å²) in [5.41, 5.74) is 1.46. The van der Waals surface area contributed by atoms with Crippen LogP contribution in [0.1, 0.15) is 18.1 Å². The van der Waals surface area contributed by atoms with Gasteiger partial charge in [0, 0.05) is 19.7 Å². The molecule has 0 aliphatic carbocycles. The average Bonchev–Trinajstić information content (AvgIpc) is 2.72. The normalized spacial score (nSPS) is 11.9. The van der Waals surface area contributed by atoms with E-state index < -0.39 is 18.7 Å². The second kappa shape index (κ2) is 10.9. The first-order valence-corrected chi connectivity index (χ1v) is 9.10. The van der Waals surface area contributed by atoms with Crippen LogP contribution >= 0.6 is 0 Å². The minimum absolute atomic E-state index is 0.0944. The zero-order valence-corrected chi connectivity index (χ0v) is 16.9. The SMILES string of the molecule is COc1cc(/C=C\C(=O)O[C@@H](C)C(=O)N(C)Cc2ccccc2)ccc1OC(F)F. The van der Waals surface area contributed by atoms with Crippen LogP contribution < -0.4 is 9.47 Å². The summed E-state index contributed by atoms with van der Waals surface area (Å²) in [5, 5.41) is 0. The summed E-state index contributed by atoms with van der Waals surface area (Å²) >= 11 is 0. The number of likely N-dealkylation sites (N-methyl/N-ethyl adjacent to an activating group) is 1. The van der Waals surface area contributed by atoms with Crippen LogP contribution in [-0.4, -0.2) is 43.6 Å². The Morgan fingerprint density at radius 1 is 1.10 bits per heavy atom. The van der Waals surface area contributed by atoms with E-state index in [2.05, 4.69) is 4.74 Å². The number of hydrogen-bond donors (Lipinski definition) is 0. The third kappa shape index (κ3) is 6.88. The van der Waals surface area contributed by atoms with E-state index in [4.69, 9.17) is 9.47 Å². The van der Waals surface area contributed by atoms with E-state index in [0.29, 0.717) is 12.1 Å². The molecule has 0 N–H and O–H groups in total. The molecule has 2 aromatic rings. The Bertz CT molecular complexity index is 886. The number of hydrogen-bond acceptors (Lipinski definition) is 5. The lowest BCUT2D eigenvalue weighted by Gasteiger charge is -2.21. The molecular formula is C22H23F2NO5. The highest BCUT2D eigenvalue weighted by atomic mass is 19.3. The van der Waals surface area contributed by atoms with E-state index in [-0.39, 0.29) is 17.4 Å². The zero-order valence-electron chi connectivity index (χ0n) is 16.9. The number of carbonyl (C=O) groups excluding carboxylic acids is 2. The molecule has 30 heavy (non-hydrogen) atoms. The van der Waals surface area contributed by atoms with Crippen LogP contribution in [0.4, 0.5) is 8.78 Å². The quantitative estimate of drug-likeness (QED) is 0.456. The van der Waals surface area contributed by atoms with Crippen molar-refractivity contribution >= 4 is 18.0 Å². The Morgan fingerprint density at radius 2 is 1.80 bits per heavy atom. The first-order valence-electron chi connectivity index (χ1n) is 9.10. The lowest BCUT2D eigenvalue weighted by Crippen LogP contribution is -2.36. The van der Waals surface area contributed by atoms with Crippen LogP contribution in [0, 0.1) is 0 Å². The van der Waals surface area contributed by atoms with Gasteiger partial charge in [-0.25, -0.2) is 4.79 Å². The van der Waals surface area contributed by atoms with Crippen molar-refractivity contribution in [2.75, 3.05) is 14.2 Å². The maximum atomic E-state index is 12.4. The van der Waals surface area contributed by atoms with Crippen molar-refractivity contribution < 1.29 is 32.6 Å². The van der Waals surface area contributed by atoms with Gasteiger partial charge in [0.1, 0.15) is 0 Å². The molecule has 8 heteroatoms. The average molecular weight is 419 g/mol. The molecule has 0 saturated heterocycles. The molecular weight excluding hydrogens is 396 g/mol. The van der Waals surface area contributed by atoms with Gasteiger partial charge in [-0.2, -0.15) is 8.78 Å². The molecule has 0 radical (unpaired) electrons. The van der Waals surface area contributed by atoms with Gasteiger partial charge in [0.05, 0.1) is 7.11 Å². The van der Waals surface area contributed by atoms with Crippen LogP contribution in [0.2, 0.25) is 0 Å². The monoisotopic (exact) mass is 419 g/mol. The predicted molar refractivity (Wildman–Crippen MR) is 107 cm³/mol. The molecule has 2 aromatic carbocycles. The molecule has 6 nitrogen and oxygen atoms in total. The number of halogens is 2. The van der Waals surface area contributed by atoms with E-state index in [1.807, 2.05) is 30.3 Å². The van der Waals surface area contributed by atoms with Crippen LogP contribution in [0.15, 0.2) is 54.6 Å². The molecule has 0 bridgehead atoms. The van der Waals surface area contributed by atoms with E-state index in [1.165, 1.54) is 43.2 Å². The Labute approximate surface area is 173 Å². The van der Waals surface area contributed by atoms with Crippen molar-refractivity contribution in [1.82, 2.24) is 4.90 Å². The number of nitrogens with zero attached hydrogens (tertiary/aromatic N) is 1. The molecule has 160 valence electrons. The highest BCUT2D eigenvalue weighted by Gasteiger charge is 2.20. The number of esters is 1. The summed E-state index contributed by atoms with van der Waals surface area (Å²) in [6.07, 6.45) is 1.60. The molecule has 0 fully saturated rings. The number of amides is 1. The van der Waals surface area contributed by atoms with E-state index in [9.17, 15) is 18.4 Å². The molecule has 0 aromatic heterocycles. The highest BCUT2D eigenvalue weighted by molar-refractivity contribution is 5.90. The Balaban J connectivity index is 1.94. The summed E-state index contributed by atoms with van der Waals surface area (Å²) < 4.78 is 39.3. The van der Waals surface area contributed by atoms with E-state index in [1.54, 1.807) is 7.05 Å². The Hall–Kier alpha value is -3.42. The fourth-order valence-electron chi connectivity index (χ4n) is 2.65. The number of ether oxygens (including phenoxy) is 3. The van der Waals surface area contributed by atoms with E-state index >= 15 is 0 Å².